The number of amides is 2. The van der Waals surface area contributed by atoms with Gasteiger partial charge in [-0.1, -0.05) is 6.07 Å². The van der Waals surface area contributed by atoms with Crippen LogP contribution in [0.2, 0.25) is 0 Å². The minimum Gasteiger partial charge on any atom is -0.497 e. The van der Waals surface area contributed by atoms with Gasteiger partial charge in [-0.05, 0) is 48.7 Å². The predicted octanol–water partition coefficient (Wildman–Crippen LogP) is 5.16. The van der Waals surface area contributed by atoms with Crippen LogP contribution in [-0.2, 0) is 24.2 Å². The van der Waals surface area contributed by atoms with E-state index in [9.17, 15) is 9.59 Å². The number of rotatable bonds is 10. The van der Waals surface area contributed by atoms with Crippen molar-refractivity contribution < 1.29 is 33.3 Å². The lowest BCUT2D eigenvalue weighted by Gasteiger charge is -2.26. The van der Waals surface area contributed by atoms with Crippen LogP contribution < -0.4 is 29.6 Å². The zero-order valence-electron chi connectivity index (χ0n) is 22.7. The van der Waals surface area contributed by atoms with Crippen LogP contribution in [0.3, 0.4) is 0 Å². The molecule has 2 heterocycles. The minimum absolute atomic E-state index is 0.279. The van der Waals surface area contributed by atoms with Crippen LogP contribution in [0, 0.1) is 0 Å². The average Bonchev–Trinajstić information content (AvgIpc) is 3.33. The standard InChI is InChI=1S/C28H33N3O7S/c1-6-38-28(33)31-12-11-19-24(16-31)39-27(29-15-17-7-9-22(36-4)23(13-17)37-5)25(19)26(32)30-20-14-18(34-2)8-10-21(20)35-3/h7-10,13-14,29H,6,11-12,15-16H2,1-5H3,(H,30,32). The number of fused-ring (bicyclic) bond motifs is 1. The number of methoxy groups -OCH3 is 4. The molecule has 1 aliphatic heterocycles. The molecular formula is C28H33N3O7S. The van der Waals surface area contributed by atoms with Crippen molar-refractivity contribution in [3.05, 3.63) is 58.0 Å². The van der Waals surface area contributed by atoms with Crippen LogP contribution >= 0.6 is 11.3 Å². The normalized spacial score (nSPS) is 12.3. The number of benzene rings is 2. The second kappa shape index (κ2) is 12.6. The summed E-state index contributed by atoms with van der Waals surface area (Å²) in [6, 6.07) is 10.9. The number of nitrogens with one attached hydrogen (secondary N) is 2. The van der Waals surface area contributed by atoms with Gasteiger partial charge in [-0.25, -0.2) is 4.79 Å². The zero-order chi connectivity index (χ0) is 27.9. The third-order valence-corrected chi connectivity index (χ3v) is 7.54. The Hall–Kier alpha value is -4.12. The van der Waals surface area contributed by atoms with Crippen molar-refractivity contribution in [1.29, 1.82) is 0 Å². The summed E-state index contributed by atoms with van der Waals surface area (Å²) in [4.78, 5) is 28.8. The highest BCUT2D eigenvalue weighted by Crippen LogP contribution is 2.39. The van der Waals surface area contributed by atoms with E-state index in [1.807, 2.05) is 18.2 Å². The van der Waals surface area contributed by atoms with Crippen LogP contribution in [0.15, 0.2) is 36.4 Å². The third kappa shape index (κ3) is 6.14. The Morgan fingerprint density at radius 1 is 0.949 bits per heavy atom. The Kier molecular flexibility index (Phi) is 9.03. The molecule has 4 rings (SSSR count). The molecule has 208 valence electrons. The predicted molar refractivity (Wildman–Crippen MR) is 150 cm³/mol. The molecule has 0 radical (unpaired) electrons. The Bertz CT molecular complexity index is 1340. The Morgan fingerprint density at radius 2 is 1.69 bits per heavy atom. The molecule has 3 aromatic rings. The molecule has 1 aromatic heterocycles. The van der Waals surface area contributed by atoms with Crippen molar-refractivity contribution in [1.82, 2.24) is 4.90 Å². The van der Waals surface area contributed by atoms with E-state index >= 15 is 0 Å². The molecule has 0 atom stereocenters. The lowest BCUT2D eigenvalue weighted by molar-refractivity contribution is 0.102. The largest absolute Gasteiger partial charge is 0.497 e. The van der Waals surface area contributed by atoms with Crippen molar-refractivity contribution in [2.75, 3.05) is 52.2 Å². The van der Waals surface area contributed by atoms with Crippen LogP contribution in [0.4, 0.5) is 15.5 Å². The first-order chi connectivity index (χ1) is 18.9. The zero-order valence-corrected chi connectivity index (χ0v) is 23.5. The molecule has 0 aliphatic carbocycles. The lowest BCUT2D eigenvalue weighted by Crippen LogP contribution is -2.36. The van der Waals surface area contributed by atoms with Crippen molar-refractivity contribution in [2.45, 2.75) is 26.4 Å². The molecule has 2 amide bonds. The van der Waals surface area contributed by atoms with Crippen LogP contribution in [0.1, 0.15) is 33.3 Å². The molecule has 0 fully saturated rings. The van der Waals surface area contributed by atoms with E-state index in [1.54, 1.807) is 58.5 Å². The molecule has 2 N–H and O–H groups in total. The number of anilines is 2. The summed E-state index contributed by atoms with van der Waals surface area (Å²) < 4.78 is 26.8. The summed E-state index contributed by atoms with van der Waals surface area (Å²) >= 11 is 1.46. The summed E-state index contributed by atoms with van der Waals surface area (Å²) in [6.45, 7) is 3.37. The van der Waals surface area contributed by atoms with Gasteiger partial charge >= 0.3 is 6.09 Å². The molecule has 0 bridgehead atoms. The third-order valence-electron chi connectivity index (χ3n) is 6.37. The Balaban J connectivity index is 1.66. The van der Waals surface area contributed by atoms with Gasteiger partial charge < -0.3 is 39.2 Å². The van der Waals surface area contributed by atoms with Gasteiger partial charge in [-0.15, -0.1) is 11.3 Å². The molecule has 0 unspecified atom stereocenters. The van der Waals surface area contributed by atoms with Crippen molar-refractivity contribution in [2.24, 2.45) is 0 Å². The number of nitrogens with zero attached hydrogens (tertiary/aromatic N) is 1. The van der Waals surface area contributed by atoms with Crippen LogP contribution in [0.5, 0.6) is 23.0 Å². The lowest BCUT2D eigenvalue weighted by atomic mass is 10.0. The van der Waals surface area contributed by atoms with Gasteiger partial charge in [-0.3, -0.25) is 4.79 Å². The number of hydrogen-bond donors (Lipinski definition) is 2. The van der Waals surface area contributed by atoms with Gasteiger partial charge in [-0.2, -0.15) is 0 Å². The summed E-state index contributed by atoms with van der Waals surface area (Å²) in [5, 5.41) is 7.14. The van der Waals surface area contributed by atoms with Crippen molar-refractivity contribution in [3.63, 3.8) is 0 Å². The van der Waals surface area contributed by atoms with Gasteiger partial charge in [0.2, 0.25) is 0 Å². The topological polar surface area (TPSA) is 108 Å². The smallest absolute Gasteiger partial charge is 0.410 e. The van der Waals surface area contributed by atoms with E-state index in [0.29, 0.717) is 71.9 Å². The summed E-state index contributed by atoms with van der Waals surface area (Å²) in [5.41, 5.74) is 2.91. The fraction of sp³-hybridized carbons (Fsp3) is 0.357. The maximum absolute atomic E-state index is 13.8. The van der Waals surface area contributed by atoms with Gasteiger partial charge in [0.1, 0.15) is 16.5 Å². The molecule has 0 saturated carbocycles. The fourth-order valence-corrected chi connectivity index (χ4v) is 5.66. The average molecular weight is 556 g/mol. The first kappa shape index (κ1) is 27.9. The second-order valence-corrected chi connectivity index (χ2v) is 9.75. The monoisotopic (exact) mass is 555 g/mol. The quantitative estimate of drug-likeness (QED) is 0.353. The number of carbonyl (C=O) groups excluding carboxylic acids is 2. The number of ether oxygens (including phenoxy) is 5. The Labute approximate surface area is 231 Å². The SMILES string of the molecule is CCOC(=O)N1CCc2c(sc(NCc3ccc(OC)c(OC)c3)c2C(=O)Nc2cc(OC)ccc2OC)C1. The maximum Gasteiger partial charge on any atom is 0.410 e. The van der Waals surface area contributed by atoms with E-state index in [-0.39, 0.29) is 12.0 Å². The van der Waals surface area contributed by atoms with Gasteiger partial charge in [0.05, 0.1) is 52.8 Å². The van der Waals surface area contributed by atoms with E-state index in [2.05, 4.69) is 10.6 Å². The minimum atomic E-state index is -0.358. The highest BCUT2D eigenvalue weighted by Gasteiger charge is 2.30. The number of hydrogen-bond acceptors (Lipinski definition) is 9. The molecule has 39 heavy (non-hydrogen) atoms. The summed E-state index contributed by atoms with van der Waals surface area (Å²) in [5.74, 6) is 2.09. The number of thiophene rings is 1. The molecule has 1 aliphatic rings. The molecule has 10 nitrogen and oxygen atoms in total. The highest BCUT2D eigenvalue weighted by molar-refractivity contribution is 7.16. The second-order valence-electron chi connectivity index (χ2n) is 8.64. The van der Waals surface area contributed by atoms with Gasteiger partial charge in [0, 0.05) is 24.0 Å². The highest BCUT2D eigenvalue weighted by atomic mass is 32.1. The van der Waals surface area contributed by atoms with Crippen molar-refractivity contribution in [3.8, 4) is 23.0 Å². The molecule has 2 aromatic carbocycles. The van der Waals surface area contributed by atoms with Crippen LogP contribution in [-0.4, -0.2) is 58.5 Å². The summed E-state index contributed by atoms with van der Waals surface area (Å²) in [7, 11) is 6.29. The fourth-order valence-electron chi connectivity index (χ4n) is 4.41. The number of carbonyl (C=O) groups is 2. The molecule has 0 saturated heterocycles. The molecule has 11 heteroatoms. The van der Waals surface area contributed by atoms with Crippen molar-refractivity contribution >= 4 is 34.0 Å². The summed E-state index contributed by atoms with van der Waals surface area (Å²) in [6.07, 6.45) is 0.171. The van der Waals surface area contributed by atoms with E-state index in [1.165, 1.54) is 11.3 Å². The first-order valence-electron chi connectivity index (χ1n) is 12.5. The molecular weight excluding hydrogens is 522 g/mol. The van der Waals surface area contributed by atoms with Gasteiger partial charge in [0.25, 0.3) is 5.91 Å². The van der Waals surface area contributed by atoms with E-state index in [0.717, 1.165) is 16.0 Å². The van der Waals surface area contributed by atoms with Crippen LogP contribution in [0.25, 0.3) is 0 Å². The van der Waals surface area contributed by atoms with Gasteiger partial charge in [0.15, 0.2) is 11.5 Å². The van der Waals surface area contributed by atoms with E-state index < -0.39 is 0 Å². The van der Waals surface area contributed by atoms with E-state index in [4.69, 9.17) is 23.7 Å². The maximum atomic E-state index is 13.8. The molecule has 0 spiro atoms. The first-order valence-corrected chi connectivity index (χ1v) is 13.3. The Morgan fingerprint density at radius 3 is 2.38 bits per heavy atom.